The molecule has 0 bridgehead atoms. The molecule has 136 valence electrons. The highest BCUT2D eigenvalue weighted by Crippen LogP contribution is 2.52. The van der Waals surface area contributed by atoms with E-state index in [9.17, 15) is 0 Å². The normalized spacial score (nSPS) is 25.4. The molecule has 5 rings (SSSR count). The Hall–Kier alpha value is -2.34. The van der Waals surface area contributed by atoms with E-state index in [1.54, 1.807) is 16.7 Å². The Labute approximate surface area is 163 Å². The maximum Gasteiger partial charge on any atom is 0.0247 e. The van der Waals surface area contributed by atoms with Crippen molar-refractivity contribution in [3.63, 3.8) is 0 Å². The summed E-state index contributed by atoms with van der Waals surface area (Å²) in [6.07, 6.45) is 19.2. The van der Waals surface area contributed by atoms with Gasteiger partial charge in [0.2, 0.25) is 0 Å². The summed E-state index contributed by atoms with van der Waals surface area (Å²) in [5, 5.41) is 0. The van der Waals surface area contributed by atoms with Gasteiger partial charge in [-0.15, -0.1) is 0 Å². The van der Waals surface area contributed by atoms with Crippen molar-refractivity contribution in [1.29, 1.82) is 0 Å². The Balaban J connectivity index is 1.67. The monoisotopic (exact) mass is 352 g/mol. The maximum atomic E-state index is 2.46. The summed E-state index contributed by atoms with van der Waals surface area (Å²) >= 11 is 0. The topological polar surface area (TPSA) is 0 Å². The number of allylic oxidation sites excluding steroid dienone is 12. The Morgan fingerprint density at radius 1 is 1.11 bits per heavy atom. The molecule has 0 fully saturated rings. The minimum Gasteiger partial charge on any atom is -0.0772 e. The van der Waals surface area contributed by atoms with Crippen LogP contribution in [0.15, 0.2) is 82.5 Å². The molecule has 0 saturated heterocycles. The number of rotatable bonds is 3. The summed E-state index contributed by atoms with van der Waals surface area (Å²) in [6.45, 7) is 6.75. The molecule has 4 aliphatic carbocycles. The van der Waals surface area contributed by atoms with Crippen molar-refractivity contribution < 1.29 is 0 Å². The first-order valence-electron chi connectivity index (χ1n) is 10.5. The van der Waals surface area contributed by atoms with Crippen LogP contribution in [-0.2, 0) is 0 Å². The van der Waals surface area contributed by atoms with Gasteiger partial charge in [0, 0.05) is 11.8 Å². The van der Waals surface area contributed by atoms with Gasteiger partial charge in [-0.25, -0.2) is 0 Å². The Bertz CT molecular complexity index is 1000. The summed E-state index contributed by atoms with van der Waals surface area (Å²) in [5.41, 5.74) is 13.6. The summed E-state index contributed by atoms with van der Waals surface area (Å²) in [5.74, 6) is 1.02. The Kier molecular flexibility index (Phi) is 3.97. The smallest absolute Gasteiger partial charge is 0.0247 e. The SMILES string of the molecule is CCCC1=CC=C2c3ccc(C)cc3C3C=CC(C4=CC(C)=CC4)=C3CC12. The molecule has 4 aliphatic rings. The first-order chi connectivity index (χ1) is 13.2. The molecule has 2 unspecified atom stereocenters. The second kappa shape index (κ2) is 6.37. The predicted molar refractivity (Wildman–Crippen MR) is 116 cm³/mol. The van der Waals surface area contributed by atoms with Gasteiger partial charge in [0.15, 0.2) is 0 Å². The molecular formula is C27H28. The van der Waals surface area contributed by atoms with E-state index in [1.165, 1.54) is 52.7 Å². The standard InChI is InChI=1S/C27H28/c1-4-5-19-9-11-22-23-10-7-18(3)15-26(23)24-13-12-21(27(24)16-25(19)22)20-8-6-17(2)14-20/h6-7,9-15,24-25H,4-5,8,16H2,1-3H3. The molecular weight excluding hydrogens is 324 g/mol. The van der Waals surface area contributed by atoms with Crippen LogP contribution in [0.1, 0.15) is 62.1 Å². The molecule has 0 saturated carbocycles. The lowest BCUT2D eigenvalue weighted by molar-refractivity contribution is 0.704. The molecule has 0 spiro atoms. The third kappa shape index (κ3) is 2.65. The minimum absolute atomic E-state index is 0.450. The molecule has 0 radical (unpaired) electrons. The van der Waals surface area contributed by atoms with E-state index < -0.39 is 0 Å². The highest BCUT2D eigenvalue weighted by Gasteiger charge is 2.36. The zero-order valence-corrected chi connectivity index (χ0v) is 16.7. The van der Waals surface area contributed by atoms with Crippen LogP contribution in [0.3, 0.4) is 0 Å². The summed E-state index contributed by atoms with van der Waals surface area (Å²) < 4.78 is 0. The molecule has 1 aromatic carbocycles. The van der Waals surface area contributed by atoms with Crippen molar-refractivity contribution in [2.75, 3.05) is 0 Å². The third-order valence-electron chi connectivity index (χ3n) is 6.68. The second-order valence-electron chi connectivity index (χ2n) is 8.56. The van der Waals surface area contributed by atoms with Gasteiger partial charge < -0.3 is 0 Å². The molecule has 1 aromatic rings. The van der Waals surface area contributed by atoms with Crippen LogP contribution in [0.2, 0.25) is 0 Å². The van der Waals surface area contributed by atoms with Crippen molar-refractivity contribution in [3.8, 4) is 0 Å². The van der Waals surface area contributed by atoms with Crippen LogP contribution < -0.4 is 0 Å². The van der Waals surface area contributed by atoms with Crippen LogP contribution in [0.5, 0.6) is 0 Å². The van der Waals surface area contributed by atoms with Crippen LogP contribution >= 0.6 is 0 Å². The lowest BCUT2D eigenvalue weighted by atomic mass is 9.84. The van der Waals surface area contributed by atoms with E-state index in [2.05, 4.69) is 75.4 Å². The Morgan fingerprint density at radius 2 is 2.00 bits per heavy atom. The van der Waals surface area contributed by atoms with Crippen molar-refractivity contribution in [2.45, 2.75) is 52.4 Å². The zero-order valence-electron chi connectivity index (χ0n) is 16.7. The zero-order chi connectivity index (χ0) is 18.5. The fourth-order valence-corrected chi connectivity index (χ4v) is 5.39. The second-order valence-corrected chi connectivity index (χ2v) is 8.56. The largest absolute Gasteiger partial charge is 0.0772 e. The molecule has 0 aliphatic heterocycles. The molecule has 0 heterocycles. The lowest BCUT2D eigenvalue weighted by Crippen LogP contribution is -2.05. The number of aryl methyl sites for hydroxylation is 1. The molecule has 0 aromatic heterocycles. The van der Waals surface area contributed by atoms with Crippen LogP contribution in [0.4, 0.5) is 0 Å². The molecule has 0 amide bonds. The van der Waals surface area contributed by atoms with Crippen molar-refractivity contribution in [1.82, 2.24) is 0 Å². The molecule has 0 nitrogen and oxygen atoms in total. The highest BCUT2D eigenvalue weighted by atomic mass is 14.4. The fraction of sp³-hybridized carbons (Fsp3) is 0.333. The summed E-state index contributed by atoms with van der Waals surface area (Å²) in [7, 11) is 0. The van der Waals surface area contributed by atoms with E-state index in [1.807, 2.05) is 0 Å². The molecule has 27 heavy (non-hydrogen) atoms. The molecule has 2 atom stereocenters. The lowest BCUT2D eigenvalue weighted by Gasteiger charge is -2.20. The van der Waals surface area contributed by atoms with Crippen LogP contribution in [0.25, 0.3) is 5.57 Å². The van der Waals surface area contributed by atoms with Crippen molar-refractivity contribution in [2.24, 2.45) is 5.92 Å². The van der Waals surface area contributed by atoms with E-state index in [-0.39, 0.29) is 0 Å². The quantitative estimate of drug-likeness (QED) is 0.533. The first-order valence-corrected chi connectivity index (χ1v) is 10.5. The average Bonchev–Trinajstić information content (AvgIpc) is 3.34. The molecule has 0 heteroatoms. The summed E-state index contributed by atoms with van der Waals surface area (Å²) in [6, 6.07) is 7.10. The third-order valence-corrected chi connectivity index (χ3v) is 6.68. The molecule has 0 N–H and O–H groups in total. The Morgan fingerprint density at radius 3 is 2.78 bits per heavy atom. The van der Waals surface area contributed by atoms with E-state index >= 15 is 0 Å². The minimum atomic E-state index is 0.450. The van der Waals surface area contributed by atoms with Gasteiger partial charge >= 0.3 is 0 Å². The first kappa shape index (κ1) is 16.8. The average molecular weight is 353 g/mol. The van der Waals surface area contributed by atoms with Gasteiger partial charge in [-0.3, -0.25) is 0 Å². The van der Waals surface area contributed by atoms with Gasteiger partial charge in [-0.05, 0) is 61.0 Å². The number of fused-ring (bicyclic) bond motifs is 5. The van der Waals surface area contributed by atoms with E-state index in [0.29, 0.717) is 11.8 Å². The maximum absolute atomic E-state index is 2.46. The summed E-state index contributed by atoms with van der Waals surface area (Å²) in [4.78, 5) is 0. The number of hydrogen-bond acceptors (Lipinski definition) is 0. The van der Waals surface area contributed by atoms with Gasteiger partial charge in [0.1, 0.15) is 0 Å². The van der Waals surface area contributed by atoms with Crippen LogP contribution in [0, 0.1) is 12.8 Å². The predicted octanol–water partition coefficient (Wildman–Crippen LogP) is 7.36. The van der Waals surface area contributed by atoms with Gasteiger partial charge in [0.05, 0.1) is 0 Å². The van der Waals surface area contributed by atoms with Gasteiger partial charge in [-0.1, -0.05) is 90.3 Å². The highest BCUT2D eigenvalue weighted by molar-refractivity contribution is 5.80. The van der Waals surface area contributed by atoms with Gasteiger partial charge in [0.25, 0.3) is 0 Å². The van der Waals surface area contributed by atoms with E-state index in [0.717, 1.165) is 6.42 Å². The van der Waals surface area contributed by atoms with Crippen LogP contribution in [-0.4, -0.2) is 0 Å². The van der Waals surface area contributed by atoms with Gasteiger partial charge in [-0.2, -0.15) is 0 Å². The fourth-order valence-electron chi connectivity index (χ4n) is 5.39. The number of hydrogen-bond donors (Lipinski definition) is 0. The van der Waals surface area contributed by atoms with Crippen molar-refractivity contribution in [3.05, 3.63) is 99.2 Å². The van der Waals surface area contributed by atoms with Crippen molar-refractivity contribution >= 4 is 5.57 Å². The van der Waals surface area contributed by atoms with E-state index in [4.69, 9.17) is 0 Å². The number of benzene rings is 1.